The first-order chi connectivity index (χ1) is 7.67. The Balaban J connectivity index is 2.78. The molecule has 1 aromatic rings. The lowest BCUT2D eigenvalue weighted by atomic mass is 9.86. The zero-order chi connectivity index (χ0) is 13.1. The van der Waals surface area contributed by atoms with Crippen molar-refractivity contribution in [1.82, 2.24) is 0 Å². The third kappa shape index (κ3) is 6.16. The van der Waals surface area contributed by atoms with Crippen LogP contribution in [-0.2, 0) is 12.2 Å². The zero-order valence-electron chi connectivity index (χ0n) is 12.1. The third-order valence-corrected chi connectivity index (χ3v) is 3.82. The van der Waals surface area contributed by atoms with Crippen LogP contribution in [0.1, 0.15) is 52.7 Å². The van der Waals surface area contributed by atoms with Gasteiger partial charge in [-0.2, -0.15) is 11.8 Å². The standard InChI is InChI=1S/C16H26S/c1-15(2,3)11-13-9-7-8-10-14(13)12-17-16(4,5)6/h7-10H,11-12H2,1-6H3. The number of rotatable bonds is 3. The van der Waals surface area contributed by atoms with Crippen molar-refractivity contribution >= 4 is 11.8 Å². The van der Waals surface area contributed by atoms with Crippen LogP contribution in [0.4, 0.5) is 0 Å². The van der Waals surface area contributed by atoms with Gasteiger partial charge in [0.2, 0.25) is 0 Å². The molecule has 0 bridgehead atoms. The summed E-state index contributed by atoms with van der Waals surface area (Å²) in [5, 5.41) is 0. The van der Waals surface area contributed by atoms with Crippen LogP contribution in [0.3, 0.4) is 0 Å². The summed E-state index contributed by atoms with van der Waals surface area (Å²) in [4.78, 5) is 0. The zero-order valence-corrected chi connectivity index (χ0v) is 12.9. The molecule has 1 rings (SSSR count). The van der Waals surface area contributed by atoms with Crippen LogP contribution in [0, 0.1) is 5.41 Å². The number of hydrogen-bond acceptors (Lipinski definition) is 1. The van der Waals surface area contributed by atoms with E-state index in [0.29, 0.717) is 10.2 Å². The first-order valence-corrected chi connectivity index (χ1v) is 7.37. The minimum atomic E-state index is 0.342. The molecule has 17 heavy (non-hydrogen) atoms. The van der Waals surface area contributed by atoms with Crippen molar-refractivity contribution < 1.29 is 0 Å². The van der Waals surface area contributed by atoms with Crippen LogP contribution in [0.25, 0.3) is 0 Å². The van der Waals surface area contributed by atoms with Gasteiger partial charge in [-0.15, -0.1) is 0 Å². The lowest BCUT2D eigenvalue weighted by Crippen LogP contribution is -2.12. The van der Waals surface area contributed by atoms with Crippen molar-refractivity contribution in [3.05, 3.63) is 35.4 Å². The fraction of sp³-hybridized carbons (Fsp3) is 0.625. The normalized spacial score (nSPS) is 12.8. The Bertz CT molecular complexity index is 353. The summed E-state index contributed by atoms with van der Waals surface area (Å²) in [5.41, 5.74) is 3.38. The molecule has 96 valence electrons. The summed E-state index contributed by atoms with van der Waals surface area (Å²) >= 11 is 2.03. The highest BCUT2D eigenvalue weighted by Crippen LogP contribution is 2.30. The van der Waals surface area contributed by atoms with Gasteiger partial charge < -0.3 is 0 Å². The minimum Gasteiger partial charge on any atom is -0.151 e. The van der Waals surface area contributed by atoms with Gasteiger partial charge in [-0.25, -0.2) is 0 Å². The fourth-order valence-electron chi connectivity index (χ4n) is 1.74. The van der Waals surface area contributed by atoms with Crippen molar-refractivity contribution in [3.8, 4) is 0 Å². The van der Waals surface area contributed by atoms with Crippen LogP contribution in [0.5, 0.6) is 0 Å². The van der Waals surface area contributed by atoms with E-state index >= 15 is 0 Å². The predicted molar refractivity (Wildman–Crippen MR) is 80.6 cm³/mol. The molecule has 0 aliphatic heterocycles. The van der Waals surface area contributed by atoms with E-state index in [2.05, 4.69) is 65.8 Å². The molecular weight excluding hydrogens is 224 g/mol. The molecule has 0 unspecified atom stereocenters. The highest BCUT2D eigenvalue weighted by Gasteiger charge is 2.16. The van der Waals surface area contributed by atoms with Gasteiger partial charge >= 0.3 is 0 Å². The summed E-state index contributed by atoms with van der Waals surface area (Å²) < 4.78 is 0.342. The van der Waals surface area contributed by atoms with E-state index in [-0.39, 0.29) is 0 Å². The fourth-order valence-corrected chi connectivity index (χ4v) is 2.61. The molecule has 0 aliphatic carbocycles. The minimum absolute atomic E-state index is 0.342. The van der Waals surface area contributed by atoms with E-state index in [1.165, 1.54) is 11.1 Å². The molecule has 1 aromatic carbocycles. The maximum absolute atomic E-state index is 2.31. The number of thioether (sulfide) groups is 1. The predicted octanol–water partition coefficient (Wildman–Crippen LogP) is 5.31. The second kappa shape index (κ2) is 5.48. The van der Waals surface area contributed by atoms with Gasteiger partial charge in [0.1, 0.15) is 0 Å². The second-order valence-electron chi connectivity index (χ2n) is 6.91. The van der Waals surface area contributed by atoms with E-state index in [1.807, 2.05) is 11.8 Å². The maximum atomic E-state index is 2.31. The summed E-state index contributed by atoms with van der Waals surface area (Å²) in [6.45, 7) is 13.8. The molecule has 0 atom stereocenters. The maximum Gasteiger partial charge on any atom is 0.0192 e. The van der Waals surface area contributed by atoms with Crippen molar-refractivity contribution in [3.63, 3.8) is 0 Å². The Morgan fingerprint density at radius 2 is 1.41 bits per heavy atom. The SMILES string of the molecule is CC(C)(C)Cc1ccccc1CSC(C)(C)C. The molecule has 0 saturated heterocycles. The van der Waals surface area contributed by atoms with E-state index in [4.69, 9.17) is 0 Å². The van der Waals surface area contributed by atoms with Crippen LogP contribution < -0.4 is 0 Å². The summed E-state index contributed by atoms with van der Waals surface area (Å²) in [7, 11) is 0. The number of benzene rings is 1. The molecule has 0 N–H and O–H groups in total. The first kappa shape index (κ1) is 14.6. The topological polar surface area (TPSA) is 0 Å². The molecule has 0 fully saturated rings. The average molecular weight is 250 g/mol. The molecule has 1 heteroatoms. The molecule has 0 aliphatic rings. The lowest BCUT2D eigenvalue weighted by Gasteiger charge is -2.22. The monoisotopic (exact) mass is 250 g/mol. The van der Waals surface area contributed by atoms with Crippen molar-refractivity contribution in [2.45, 2.75) is 58.5 Å². The van der Waals surface area contributed by atoms with Gasteiger partial charge in [-0.1, -0.05) is 65.8 Å². The Morgan fingerprint density at radius 3 is 1.88 bits per heavy atom. The van der Waals surface area contributed by atoms with E-state index in [9.17, 15) is 0 Å². The molecular formula is C16H26S. The Hall–Kier alpha value is -0.430. The molecule has 0 saturated carbocycles. The lowest BCUT2D eigenvalue weighted by molar-refractivity contribution is 0.410. The average Bonchev–Trinajstić information content (AvgIpc) is 2.12. The summed E-state index contributed by atoms with van der Waals surface area (Å²) in [6.07, 6.45) is 1.16. The van der Waals surface area contributed by atoms with Crippen molar-refractivity contribution in [2.75, 3.05) is 0 Å². The van der Waals surface area contributed by atoms with Gasteiger partial charge in [-0.3, -0.25) is 0 Å². The highest BCUT2D eigenvalue weighted by atomic mass is 32.2. The Morgan fingerprint density at radius 1 is 0.882 bits per heavy atom. The molecule has 0 spiro atoms. The molecule has 0 radical (unpaired) electrons. The first-order valence-electron chi connectivity index (χ1n) is 6.38. The third-order valence-electron chi connectivity index (χ3n) is 2.50. The molecule has 0 nitrogen and oxygen atoms in total. The Labute approximate surface area is 111 Å². The van der Waals surface area contributed by atoms with E-state index in [1.54, 1.807) is 0 Å². The molecule has 0 amide bonds. The van der Waals surface area contributed by atoms with Gasteiger partial charge in [0.05, 0.1) is 0 Å². The van der Waals surface area contributed by atoms with Crippen molar-refractivity contribution in [1.29, 1.82) is 0 Å². The molecule has 0 heterocycles. The van der Waals surface area contributed by atoms with E-state index in [0.717, 1.165) is 12.2 Å². The van der Waals surface area contributed by atoms with Gasteiger partial charge in [0.15, 0.2) is 0 Å². The van der Waals surface area contributed by atoms with Crippen LogP contribution in [0.2, 0.25) is 0 Å². The van der Waals surface area contributed by atoms with E-state index < -0.39 is 0 Å². The van der Waals surface area contributed by atoms with Gasteiger partial charge in [-0.05, 0) is 23.0 Å². The van der Waals surface area contributed by atoms with Gasteiger partial charge in [0.25, 0.3) is 0 Å². The second-order valence-corrected chi connectivity index (χ2v) is 8.71. The highest BCUT2D eigenvalue weighted by molar-refractivity contribution is 7.99. The van der Waals surface area contributed by atoms with Crippen molar-refractivity contribution in [2.24, 2.45) is 5.41 Å². The smallest absolute Gasteiger partial charge is 0.0192 e. The Kier molecular flexibility index (Phi) is 4.71. The summed E-state index contributed by atoms with van der Waals surface area (Å²) in [5.74, 6) is 1.12. The van der Waals surface area contributed by atoms with Gasteiger partial charge in [0, 0.05) is 10.5 Å². The van der Waals surface area contributed by atoms with Crippen LogP contribution in [0.15, 0.2) is 24.3 Å². The quantitative estimate of drug-likeness (QED) is 0.701. The molecule has 0 aromatic heterocycles. The summed E-state index contributed by atoms with van der Waals surface area (Å²) in [6, 6.07) is 8.88. The largest absolute Gasteiger partial charge is 0.151 e. The van der Waals surface area contributed by atoms with Crippen LogP contribution >= 0.6 is 11.8 Å². The number of hydrogen-bond donors (Lipinski definition) is 0. The van der Waals surface area contributed by atoms with Crippen LogP contribution in [-0.4, -0.2) is 4.75 Å².